The summed E-state index contributed by atoms with van der Waals surface area (Å²) in [5.41, 5.74) is 1.97. The molecule has 0 heterocycles. The van der Waals surface area contributed by atoms with Gasteiger partial charge < -0.3 is 15.7 Å². The number of hydrogen-bond donors (Lipinski definition) is 3. The van der Waals surface area contributed by atoms with Crippen LogP contribution in [-0.4, -0.2) is 24.0 Å². The number of aliphatic hydroxyl groups excluding tert-OH is 1. The van der Waals surface area contributed by atoms with E-state index in [1.807, 2.05) is 30.3 Å². The van der Waals surface area contributed by atoms with Gasteiger partial charge in [-0.15, -0.1) is 0 Å². The molecule has 5 nitrogen and oxygen atoms in total. The fraction of sp³-hybridized carbons (Fsp3) is 0.176. The molecule has 22 heavy (non-hydrogen) atoms. The summed E-state index contributed by atoms with van der Waals surface area (Å²) in [7, 11) is 0. The second-order valence-electron chi connectivity index (χ2n) is 4.81. The summed E-state index contributed by atoms with van der Waals surface area (Å²) in [5, 5.41) is 15.3. The van der Waals surface area contributed by atoms with Crippen LogP contribution in [0.25, 0.3) is 0 Å². The van der Waals surface area contributed by atoms with Crippen LogP contribution < -0.4 is 10.6 Å². The number of hydrogen-bond acceptors (Lipinski definition) is 3. The highest BCUT2D eigenvalue weighted by Crippen LogP contribution is 2.15. The third-order valence-corrected chi connectivity index (χ3v) is 3.26. The Morgan fingerprint density at radius 2 is 1.77 bits per heavy atom. The molecular formula is C17H18N2O3. The first kappa shape index (κ1) is 15.7. The number of benzene rings is 2. The van der Waals surface area contributed by atoms with Crippen LogP contribution in [0.15, 0.2) is 54.6 Å². The lowest BCUT2D eigenvalue weighted by Crippen LogP contribution is -2.25. The third kappa shape index (κ3) is 4.43. The summed E-state index contributed by atoms with van der Waals surface area (Å²) < 4.78 is 0. The Morgan fingerprint density at radius 3 is 2.41 bits per heavy atom. The number of carbonyl (C=O) groups excluding carboxylic acids is 2. The van der Waals surface area contributed by atoms with E-state index in [2.05, 4.69) is 10.6 Å². The van der Waals surface area contributed by atoms with Crippen LogP contribution in [0.4, 0.5) is 5.69 Å². The molecule has 0 aromatic heterocycles. The van der Waals surface area contributed by atoms with Crippen LogP contribution in [0.3, 0.4) is 0 Å². The second-order valence-corrected chi connectivity index (χ2v) is 4.81. The summed E-state index contributed by atoms with van der Waals surface area (Å²) in [5.74, 6) is -0.210. The van der Waals surface area contributed by atoms with E-state index in [0.717, 1.165) is 5.56 Å². The first-order valence-corrected chi connectivity index (χ1v) is 7.02. The molecule has 0 saturated heterocycles. The van der Waals surface area contributed by atoms with Crippen molar-refractivity contribution in [2.24, 2.45) is 0 Å². The van der Waals surface area contributed by atoms with E-state index in [1.54, 1.807) is 24.3 Å². The van der Waals surface area contributed by atoms with E-state index in [-0.39, 0.29) is 5.91 Å². The van der Waals surface area contributed by atoms with Gasteiger partial charge in [0.25, 0.3) is 5.91 Å². The molecule has 0 saturated carbocycles. The monoisotopic (exact) mass is 298 g/mol. The Kier molecular flexibility index (Phi) is 5.68. The van der Waals surface area contributed by atoms with Crippen molar-refractivity contribution in [1.29, 1.82) is 0 Å². The summed E-state index contributed by atoms with van der Waals surface area (Å²) in [6.07, 6.45) is 0.432. The molecule has 2 amide bonds. The van der Waals surface area contributed by atoms with Crippen molar-refractivity contribution in [2.75, 3.05) is 11.9 Å². The van der Waals surface area contributed by atoms with Crippen molar-refractivity contribution in [3.8, 4) is 0 Å². The maximum atomic E-state index is 11.9. The molecule has 2 aromatic carbocycles. The van der Waals surface area contributed by atoms with Crippen LogP contribution in [0.2, 0.25) is 0 Å². The number of nitrogens with one attached hydrogen (secondary N) is 2. The average Bonchev–Trinajstić information content (AvgIpc) is 2.56. The minimum atomic E-state index is -0.597. The van der Waals surface area contributed by atoms with Crippen LogP contribution in [-0.2, 0) is 4.79 Å². The van der Waals surface area contributed by atoms with Crippen molar-refractivity contribution in [1.82, 2.24) is 5.32 Å². The molecule has 0 aliphatic heterocycles. The lowest BCUT2D eigenvalue weighted by atomic mass is 10.1. The minimum absolute atomic E-state index is 0.210. The first-order chi connectivity index (χ1) is 10.7. The molecule has 1 atom stereocenters. The van der Waals surface area contributed by atoms with Crippen molar-refractivity contribution < 1.29 is 14.7 Å². The smallest absolute Gasteiger partial charge is 0.251 e. The summed E-state index contributed by atoms with van der Waals surface area (Å²) in [6.45, 7) is 0.378. The highest BCUT2D eigenvalue weighted by Gasteiger charge is 2.09. The molecule has 2 aromatic rings. The van der Waals surface area contributed by atoms with E-state index < -0.39 is 6.10 Å². The van der Waals surface area contributed by atoms with Gasteiger partial charge in [0, 0.05) is 17.8 Å². The summed E-state index contributed by atoms with van der Waals surface area (Å²) in [6, 6.07) is 15.9. The molecule has 0 radical (unpaired) electrons. The molecule has 3 N–H and O–H groups in total. The van der Waals surface area contributed by atoms with Crippen molar-refractivity contribution in [2.45, 2.75) is 12.5 Å². The quantitative estimate of drug-likeness (QED) is 0.685. The largest absolute Gasteiger partial charge is 0.388 e. The molecule has 114 valence electrons. The Labute approximate surface area is 129 Å². The standard InChI is InChI=1S/C17H18N2O3/c20-12-19-15-8-6-14(7-9-15)17(22)18-11-10-16(21)13-4-2-1-3-5-13/h1-9,12,16,21H,10-11H2,(H,18,22)(H,19,20). The molecule has 0 spiro atoms. The molecule has 0 bridgehead atoms. The number of carbonyl (C=O) groups is 2. The Balaban J connectivity index is 1.81. The van der Waals surface area contributed by atoms with Gasteiger partial charge in [-0.1, -0.05) is 30.3 Å². The molecule has 5 heteroatoms. The fourth-order valence-corrected chi connectivity index (χ4v) is 2.05. The average molecular weight is 298 g/mol. The van der Waals surface area contributed by atoms with E-state index >= 15 is 0 Å². The number of rotatable bonds is 7. The topological polar surface area (TPSA) is 78.4 Å². The lowest BCUT2D eigenvalue weighted by molar-refractivity contribution is -0.105. The number of aliphatic hydroxyl groups is 1. The molecule has 2 rings (SSSR count). The Hall–Kier alpha value is -2.66. The predicted octanol–water partition coefficient (Wildman–Crippen LogP) is 2.11. The summed E-state index contributed by atoms with van der Waals surface area (Å²) >= 11 is 0. The van der Waals surface area contributed by atoms with Gasteiger partial charge in [0.05, 0.1) is 6.10 Å². The molecule has 0 fully saturated rings. The first-order valence-electron chi connectivity index (χ1n) is 7.02. The van der Waals surface area contributed by atoms with Gasteiger partial charge in [0.1, 0.15) is 0 Å². The fourth-order valence-electron chi connectivity index (χ4n) is 2.05. The van der Waals surface area contributed by atoms with Gasteiger partial charge in [-0.2, -0.15) is 0 Å². The van der Waals surface area contributed by atoms with Gasteiger partial charge >= 0.3 is 0 Å². The van der Waals surface area contributed by atoms with Crippen LogP contribution in [0, 0.1) is 0 Å². The lowest BCUT2D eigenvalue weighted by Gasteiger charge is -2.11. The second kappa shape index (κ2) is 7.95. The normalized spacial score (nSPS) is 11.5. The zero-order valence-corrected chi connectivity index (χ0v) is 12.0. The zero-order valence-electron chi connectivity index (χ0n) is 12.0. The van der Waals surface area contributed by atoms with E-state index in [4.69, 9.17) is 0 Å². The van der Waals surface area contributed by atoms with E-state index in [9.17, 15) is 14.7 Å². The SMILES string of the molecule is O=CNc1ccc(C(=O)NCCC(O)c2ccccc2)cc1. The van der Waals surface area contributed by atoms with Crippen molar-refractivity contribution >= 4 is 18.0 Å². The molecule has 0 aliphatic rings. The van der Waals surface area contributed by atoms with Crippen LogP contribution >= 0.6 is 0 Å². The molecule has 0 aliphatic carbocycles. The van der Waals surface area contributed by atoms with Crippen molar-refractivity contribution in [3.63, 3.8) is 0 Å². The maximum absolute atomic E-state index is 11.9. The third-order valence-electron chi connectivity index (χ3n) is 3.26. The van der Waals surface area contributed by atoms with Crippen LogP contribution in [0.1, 0.15) is 28.4 Å². The summed E-state index contributed by atoms with van der Waals surface area (Å²) in [4.78, 5) is 22.3. The highest BCUT2D eigenvalue weighted by molar-refractivity contribution is 5.94. The number of anilines is 1. The van der Waals surface area contributed by atoms with Gasteiger partial charge in [-0.05, 0) is 36.2 Å². The van der Waals surface area contributed by atoms with Crippen molar-refractivity contribution in [3.05, 3.63) is 65.7 Å². The highest BCUT2D eigenvalue weighted by atomic mass is 16.3. The van der Waals surface area contributed by atoms with E-state index in [1.165, 1.54) is 0 Å². The maximum Gasteiger partial charge on any atom is 0.251 e. The van der Waals surface area contributed by atoms with E-state index in [0.29, 0.717) is 30.6 Å². The Morgan fingerprint density at radius 1 is 1.09 bits per heavy atom. The van der Waals surface area contributed by atoms with Gasteiger partial charge in [0.15, 0.2) is 0 Å². The predicted molar refractivity (Wildman–Crippen MR) is 84.5 cm³/mol. The molecular weight excluding hydrogens is 280 g/mol. The van der Waals surface area contributed by atoms with Gasteiger partial charge in [0.2, 0.25) is 6.41 Å². The zero-order chi connectivity index (χ0) is 15.8. The Bertz CT molecular complexity index is 612. The van der Waals surface area contributed by atoms with Crippen LogP contribution in [0.5, 0.6) is 0 Å². The number of amides is 2. The molecule has 1 unspecified atom stereocenters. The van der Waals surface area contributed by atoms with Gasteiger partial charge in [-0.25, -0.2) is 0 Å². The van der Waals surface area contributed by atoms with Gasteiger partial charge in [-0.3, -0.25) is 9.59 Å². The minimum Gasteiger partial charge on any atom is -0.388 e.